The van der Waals surface area contributed by atoms with Crippen LogP contribution in [0.1, 0.15) is 28.2 Å². The van der Waals surface area contributed by atoms with Crippen molar-refractivity contribution in [2.24, 2.45) is 7.05 Å². The third kappa shape index (κ3) is 2.80. The molecule has 1 aromatic carbocycles. The molecule has 1 N–H and O–H groups in total. The fourth-order valence-corrected chi connectivity index (χ4v) is 4.35. The minimum atomic E-state index is -0.609. The van der Waals surface area contributed by atoms with Gasteiger partial charge < -0.3 is 14.6 Å². The van der Waals surface area contributed by atoms with Gasteiger partial charge in [-0.15, -0.1) is 0 Å². The molecule has 4 heterocycles. The SMILES string of the molecule is Cc1ccc2[nH]c(=O)cc(C(=O)N3CCC4(C3)Cn3c(nn(C)c3=O)CO4)c2c1. The van der Waals surface area contributed by atoms with Crippen molar-refractivity contribution in [1.29, 1.82) is 0 Å². The van der Waals surface area contributed by atoms with E-state index in [1.807, 2.05) is 25.1 Å². The molecule has 1 atom stereocenters. The minimum Gasteiger partial charge on any atom is -0.363 e. The van der Waals surface area contributed by atoms with Gasteiger partial charge in [-0.2, -0.15) is 5.10 Å². The van der Waals surface area contributed by atoms with Gasteiger partial charge in [-0.1, -0.05) is 11.6 Å². The van der Waals surface area contributed by atoms with E-state index in [2.05, 4.69) is 10.1 Å². The number of pyridine rings is 1. The summed E-state index contributed by atoms with van der Waals surface area (Å²) in [4.78, 5) is 42.2. The highest BCUT2D eigenvalue weighted by Gasteiger charge is 2.45. The summed E-state index contributed by atoms with van der Waals surface area (Å²) in [5.74, 6) is 0.403. The van der Waals surface area contributed by atoms with Crippen molar-refractivity contribution < 1.29 is 9.53 Å². The fourth-order valence-electron chi connectivity index (χ4n) is 4.35. The highest BCUT2D eigenvalue weighted by Crippen LogP contribution is 2.32. The molecule has 29 heavy (non-hydrogen) atoms. The lowest BCUT2D eigenvalue weighted by molar-refractivity contribution is -0.0816. The molecule has 0 bridgehead atoms. The number of benzene rings is 1. The van der Waals surface area contributed by atoms with Crippen molar-refractivity contribution >= 4 is 16.8 Å². The number of aryl methyl sites for hydroxylation is 2. The van der Waals surface area contributed by atoms with Gasteiger partial charge >= 0.3 is 5.69 Å². The number of nitrogens with one attached hydrogen (secondary N) is 1. The molecule has 2 aliphatic heterocycles. The number of fused-ring (bicyclic) bond motifs is 2. The van der Waals surface area contributed by atoms with E-state index in [1.165, 1.54) is 10.7 Å². The summed E-state index contributed by atoms with van der Waals surface area (Å²) in [6.07, 6.45) is 0.625. The summed E-state index contributed by atoms with van der Waals surface area (Å²) in [6, 6.07) is 6.98. The molecular weight excluding hydrogens is 374 g/mol. The van der Waals surface area contributed by atoms with Gasteiger partial charge in [0.15, 0.2) is 5.82 Å². The molecule has 0 radical (unpaired) electrons. The fraction of sp³-hybridized carbons (Fsp3) is 0.400. The Kier molecular flexibility index (Phi) is 3.79. The van der Waals surface area contributed by atoms with E-state index < -0.39 is 5.60 Å². The smallest absolute Gasteiger partial charge is 0.345 e. The predicted octanol–water partition coefficient (Wildman–Crippen LogP) is 0.547. The molecule has 2 aromatic heterocycles. The quantitative estimate of drug-likeness (QED) is 0.648. The number of carbonyl (C=O) groups is 1. The first-order valence-electron chi connectivity index (χ1n) is 9.55. The topological polar surface area (TPSA) is 102 Å². The van der Waals surface area contributed by atoms with Crippen LogP contribution in [0.3, 0.4) is 0 Å². The Morgan fingerprint density at radius 2 is 2.07 bits per heavy atom. The molecule has 1 saturated heterocycles. The summed E-state index contributed by atoms with van der Waals surface area (Å²) < 4.78 is 9.00. The summed E-state index contributed by atoms with van der Waals surface area (Å²) in [6.45, 7) is 3.43. The Morgan fingerprint density at radius 3 is 2.90 bits per heavy atom. The first kappa shape index (κ1) is 17.9. The molecule has 9 heteroatoms. The van der Waals surface area contributed by atoms with Crippen molar-refractivity contribution in [2.45, 2.75) is 32.1 Å². The number of H-pyrrole nitrogens is 1. The van der Waals surface area contributed by atoms with Gasteiger partial charge in [0.25, 0.3) is 5.91 Å². The van der Waals surface area contributed by atoms with Gasteiger partial charge in [0, 0.05) is 30.6 Å². The molecule has 2 aliphatic rings. The Morgan fingerprint density at radius 1 is 1.24 bits per heavy atom. The minimum absolute atomic E-state index is 0.177. The Balaban J connectivity index is 1.47. The maximum absolute atomic E-state index is 13.3. The average Bonchev–Trinajstić information content (AvgIpc) is 3.23. The summed E-state index contributed by atoms with van der Waals surface area (Å²) in [7, 11) is 1.62. The standard InChI is InChI=1S/C20H21N5O4/c1-12-3-4-15-13(7-12)14(8-17(26)21-15)18(27)24-6-5-20(10-24)11-25-16(9-29-20)22-23(2)19(25)28/h3-4,7-8H,5-6,9-11H2,1-2H3,(H,21,26). The number of aromatic nitrogens is 4. The molecule has 3 aromatic rings. The molecule has 1 fully saturated rings. The van der Waals surface area contributed by atoms with E-state index in [0.29, 0.717) is 43.0 Å². The van der Waals surface area contributed by atoms with E-state index >= 15 is 0 Å². The molecule has 0 aliphatic carbocycles. The van der Waals surface area contributed by atoms with Crippen molar-refractivity contribution in [2.75, 3.05) is 13.1 Å². The zero-order valence-corrected chi connectivity index (χ0v) is 16.3. The average molecular weight is 395 g/mol. The van der Waals surface area contributed by atoms with Crippen LogP contribution in [-0.4, -0.2) is 48.8 Å². The van der Waals surface area contributed by atoms with Crippen LogP contribution in [0.5, 0.6) is 0 Å². The van der Waals surface area contributed by atoms with E-state index in [9.17, 15) is 14.4 Å². The number of rotatable bonds is 1. The lowest BCUT2D eigenvalue weighted by Gasteiger charge is -2.33. The van der Waals surface area contributed by atoms with Gasteiger partial charge in [0.2, 0.25) is 5.56 Å². The monoisotopic (exact) mass is 395 g/mol. The molecule has 9 nitrogen and oxygen atoms in total. The van der Waals surface area contributed by atoms with Crippen LogP contribution < -0.4 is 11.2 Å². The second-order valence-electron chi connectivity index (χ2n) is 7.95. The number of likely N-dealkylation sites (tertiary alicyclic amines) is 1. The number of carbonyl (C=O) groups excluding carboxylic acids is 1. The van der Waals surface area contributed by atoms with Crippen LogP contribution in [0.4, 0.5) is 0 Å². The molecule has 1 spiro atoms. The summed E-state index contributed by atoms with van der Waals surface area (Å²) >= 11 is 0. The van der Waals surface area contributed by atoms with Crippen LogP contribution in [0.25, 0.3) is 10.9 Å². The van der Waals surface area contributed by atoms with E-state index in [4.69, 9.17) is 4.74 Å². The molecular formula is C20H21N5O4. The van der Waals surface area contributed by atoms with E-state index in [1.54, 1.807) is 16.5 Å². The molecule has 1 amide bonds. The Hall–Kier alpha value is -3.20. The number of ether oxygens (including phenoxy) is 1. The maximum atomic E-state index is 13.3. The maximum Gasteiger partial charge on any atom is 0.345 e. The Labute approximate surface area is 165 Å². The van der Waals surface area contributed by atoms with Gasteiger partial charge in [-0.25, -0.2) is 9.48 Å². The third-order valence-corrected chi connectivity index (χ3v) is 5.87. The second kappa shape index (κ2) is 6.15. The van der Waals surface area contributed by atoms with E-state index in [0.717, 1.165) is 10.9 Å². The lowest BCUT2D eigenvalue weighted by atomic mass is 10.0. The van der Waals surface area contributed by atoms with Crippen molar-refractivity contribution in [3.8, 4) is 0 Å². The number of aromatic amines is 1. The molecule has 1 unspecified atom stereocenters. The second-order valence-corrected chi connectivity index (χ2v) is 7.95. The highest BCUT2D eigenvalue weighted by atomic mass is 16.5. The van der Waals surface area contributed by atoms with Gasteiger partial charge in [0.1, 0.15) is 12.2 Å². The summed E-state index contributed by atoms with van der Waals surface area (Å²) in [5.41, 5.74) is 0.946. The van der Waals surface area contributed by atoms with Crippen LogP contribution in [0.15, 0.2) is 33.9 Å². The number of hydrogen-bond donors (Lipinski definition) is 1. The van der Waals surface area contributed by atoms with Crippen LogP contribution >= 0.6 is 0 Å². The Bertz CT molecular complexity index is 1270. The van der Waals surface area contributed by atoms with Crippen LogP contribution in [0.2, 0.25) is 0 Å². The molecule has 0 saturated carbocycles. The zero-order valence-electron chi connectivity index (χ0n) is 16.3. The molecule has 150 valence electrons. The van der Waals surface area contributed by atoms with Crippen molar-refractivity contribution in [3.05, 3.63) is 62.1 Å². The lowest BCUT2D eigenvalue weighted by Crippen LogP contribution is -2.47. The number of amides is 1. The summed E-state index contributed by atoms with van der Waals surface area (Å²) in [5, 5.41) is 4.91. The molecule has 5 rings (SSSR count). The zero-order chi connectivity index (χ0) is 20.3. The first-order valence-corrected chi connectivity index (χ1v) is 9.55. The van der Waals surface area contributed by atoms with Gasteiger partial charge in [0.05, 0.1) is 18.7 Å². The third-order valence-electron chi connectivity index (χ3n) is 5.87. The van der Waals surface area contributed by atoms with E-state index in [-0.39, 0.29) is 23.8 Å². The predicted molar refractivity (Wildman–Crippen MR) is 105 cm³/mol. The van der Waals surface area contributed by atoms with Crippen molar-refractivity contribution in [3.63, 3.8) is 0 Å². The number of nitrogens with zero attached hydrogens (tertiary/aromatic N) is 4. The first-order chi connectivity index (χ1) is 13.8. The van der Waals surface area contributed by atoms with Gasteiger partial charge in [-0.05, 0) is 25.5 Å². The normalized spacial score (nSPS) is 21.1. The van der Waals surface area contributed by atoms with Gasteiger partial charge in [-0.3, -0.25) is 14.2 Å². The van der Waals surface area contributed by atoms with Crippen LogP contribution in [-0.2, 0) is 24.9 Å². The van der Waals surface area contributed by atoms with Crippen molar-refractivity contribution in [1.82, 2.24) is 24.2 Å². The highest BCUT2D eigenvalue weighted by molar-refractivity contribution is 6.06. The largest absolute Gasteiger partial charge is 0.363 e. The number of hydrogen-bond acceptors (Lipinski definition) is 5. The van der Waals surface area contributed by atoms with Crippen LogP contribution in [0, 0.1) is 6.92 Å².